The quantitative estimate of drug-likeness (QED) is 0.431. The van der Waals surface area contributed by atoms with Crippen LogP contribution in [0.1, 0.15) is 67.1 Å². The Morgan fingerprint density at radius 3 is 2.44 bits per heavy atom. The SMILES string of the molecule is CC(C)(C)CC(=O)c1ccc(CNc2c(Cl)ccc3c2CCNCC32OC(=O)CCC(=O)O2)cc1F. The van der Waals surface area contributed by atoms with Crippen molar-refractivity contribution in [2.45, 2.75) is 58.8 Å². The van der Waals surface area contributed by atoms with Crippen molar-refractivity contribution in [1.82, 2.24) is 5.32 Å². The fourth-order valence-corrected chi connectivity index (χ4v) is 4.77. The molecule has 2 aromatic carbocycles. The maximum Gasteiger partial charge on any atom is 0.309 e. The molecule has 0 saturated carbocycles. The third kappa shape index (κ3) is 5.71. The summed E-state index contributed by atoms with van der Waals surface area (Å²) in [4.78, 5) is 37.1. The molecule has 1 saturated heterocycles. The molecule has 0 aliphatic carbocycles. The van der Waals surface area contributed by atoms with E-state index in [4.69, 9.17) is 21.1 Å². The van der Waals surface area contributed by atoms with Crippen molar-refractivity contribution >= 4 is 35.0 Å². The fourth-order valence-electron chi connectivity index (χ4n) is 4.53. The van der Waals surface area contributed by atoms with E-state index in [1.165, 1.54) is 12.1 Å². The zero-order chi connectivity index (χ0) is 26.1. The number of Topliss-reactive ketones (excluding diaryl/α,β-unsaturated/α-hetero) is 1. The Morgan fingerprint density at radius 1 is 1.11 bits per heavy atom. The van der Waals surface area contributed by atoms with Crippen LogP contribution in [-0.2, 0) is 37.8 Å². The molecule has 36 heavy (non-hydrogen) atoms. The van der Waals surface area contributed by atoms with E-state index in [9.17, 15) is 18.8 Å². The van der Waals surface area contributed by atoms with Crippen LogP contribution in [0.3, 0.4) is 0 Å². The molecule has 2 aliphatic rings. The van der Waals surface area contributed by atoms with Gasteiger partial charge in [-0.3, -0.25) is 14.4 Å². The highest BCUT2D eigenvalue weighted by Crippen LogP contribution is 2.40. The van der Waals surface area contributed by atoms with Gasteiger partial charge < -0.3 is 20.1 Å². The molecule has 2 heterocycles. The highest BCUT2D eigenvalue weighted by Gasteiger charge is 2.46. The molecular formula is C27H30ClFN2O5. The highest BCUT2D eigenvalue weighted by molar-refractivity contribution is 6.33. The van der Waals surface area contributed by atoms with Crippen LogP contribution in [0.15, 0.2) is 30.3 Å². The number of ketones is 1. The summed E-state index contributed by atoms with van der Waals surface area (Å²) >= 11 is 6.54. The van der Waals surface area contributed by atoms with Crippen molar-refractivity contribution in [3.63, 3.8) is 0 Å². The standard InChI is InChI=1S/C27H30ClFN2O5/c1-26(2,3)13-22(32)18-5-4-16(12-21(18)29)14-31-25-17-10-11-30-15-27(19(17)6-7-20(25)28)35-23(33)8-9-24(34)36-27/h4-7,12,30-31H,8-11,13-15H2,1-3H3. The molecule has 2 aromatic rings. The summed E-state index contributed by atoms with van der Waals surface area (Å²) in [6.07, 6.45) is 0.685. The van der Waals surface area contributed by atoms with Crippen LogP contribution >= 0.6 is 11.6 Å². The molecule has 192 valence electrons. The Morgan fingerprint density at radius 2 is 1.81 bits per heavy atom. The molecule has 2 aliphatic heterocycles. The predicted octanol–water partition coefficient (Wildman–Crippen LogP) is 4.89. The average Bonchev–Trinajstić information content (AvgIpc) is 3.04. The number of ether oxygens (including phenoxy) is 2. The number of esters is 2. The Labute approximate surface area is 214 Å². The van der Waals surface area contributed by atoms with Gasteiger partial charge in [0.05, 0.1) is 35.7 Å². The van der Waals surface area contributed by atoms with E-state index >= 15 is 0 Å². The van der Waals surface area contributed by atoms with Gasteiger partial charge >= 0.3 is 11.9 Å². The predicted molar refractivity (Wildman–Crippen MR) is 133 cm³/mol. The molecule has 0 radical (unpaired) electrons. The number of benzene rings is 2. The van der Waals surface area contributed by atoms with Gasteiger partial charge in [0.25, 0.3) is 5.79 Å². The monoisotopic (exact) mass is 516 g/mol. The first kappa shape index (κ1) is 26.1. The highest BCUT2D eigenvalue weighted by atomic mass is 35.5. The first-order valence-electron chi connectivity index (χ1n) is 12.0. The number of carbonyl (C=O) groups is 3. The third-order valence-electron chi connectivity index (χ3n) is 6.17. The molecule has 0 aromatic heterocycles. The van der Waals surface area contributed by atoms with E-state index in [-0.39, 0.29) is 49.1 Å². The van der Waals surface area contributed by atoms with E-state index in [1.54, 1.807) is 18.2 Å². The molecule has 0 bridgehead atoms. The Kier molecular flexibility index (Phi) is 7.38. The van der Waals surface area contributed by atoms with Gasteiger partial charge in [-0.25, -0.2) is 4.39 Å². The number of anilines is 1. The molecule has 9 heteroatoms. The van der Waals surface area contributed by atoms with Gasteiger partial charge in [0.1, 0.15) is 5.82 Å². The Bertz CT molecular complexity index is 1190. The van der Waals surface area contributed by atoms with Gasteiger partial charge in [-0.1, -0.05) is 38.4 Å². The lowest BCUT2D eigenvalue weighted by Gasteiger charge is -2.32. The lowest BCUT2D eigenvalue weighted by Crippen LogP contribution is -2.43. The number of nitrogens with one attached hydrogen (secondary N) is 2. The van der Waals surface area contributed by atoms with Crippen molar-refractivity contribution in [3.05, 3.63) is 63.4 Å². The molecule has 1 fully saturated rings. The van der Waals surface area contributed by atoms with Gasteiger partial charge in [0.2, 0.25) is 0 Å². The van der Waals surface area contributed by atoms with Crippen molar-refractivity contribution in [2.75, 3.05) is 18.4 Å². The van der Waals surface area contributed by atoms with Crippen LogP contribution in [0.4, 0.5) is 10.1 Å². The molecule has 2 N–H and O–H groups in total. The van der Waals surface area contributed by atoms with Crippen LogP contribution in [0.5, 0.6) is 0 Å². The number of hydrogen-bond donors (Lipinski definition) is 2. The first-order chi connectivity index (χ1) is 17.0. The zero-order valence-corrected chi connectivity index (χ0v) is 21.4. The first-order valence-corrected chi connectivity index (χ1v) is 12.4. The van der Waals surface area contributed by atoms with E-state index in [1.807, 2.05) is 20.8 Å². The summed E-state index contributed by atoms with van der Waals surface area (Å²) in [7, 11) is 0. The number of hydrogen-bond acceptors (Lipinski definition) is 7. The largest absolute Gasteiger partial charge is 0.416 e. The van der Waals surface area contributed by atoms with Crippen molar-refractivity contribution in [3.8, 4) is 0 Å². The minimum atomic E-state index is -1.58. The maximum absolute atomic E-state index is 14.8. The second kappa shape index (κ2) is 10.2. The maximum atomic E-state index is 14.8. The van der Waals surface area contributed by atoms with Gasteiger partial charge in [-0.05, 0) is 53.8 Å². The number of rotatable bonds is 5. The summed E-state index contributed by atoms with van der Waals surface area (Å²) in [6, 6.07) is 7.92. The molecule has 4 rings (SSSR count). The van der Waals surface area contributed by atoms with Crippen LogP contribution in [-0.4, -0.2) is 30.8 Å². The van der Waals surface area contributed by atoms with E-state index in [0.717, 1.165) is 5.56 Å². The summed E-state index contributed by atoms with van der Waals surface area (Å²) in [5.74, 6) is -3.42. The normalized spacial score (nSPS) is 17.5. The lowest BCUT2D eigenvalue weighted by molar-refractivity contribution is -0.225. The molecule has 0 unspecified atom stereocenters. The molecule has 1 spiro atoms. The van der Waals surface area contributed by atoms with Crippen molar-refractivity contribution < 1.29 is 28.2 Å². The van der Waals surface area contributed by atoms with Crippen LogP contribution < -0.4 is 10.6 Å². The summed E-state index contributed by atoms with van der Waals surface area (Å²) in [5.41, 5.74) is 2.33. The van der Waals surface area contributed by atoms with Gasteiger partial charge in [-0.2, -0.15) is 0 Å². The van der Waals surface area contributed by atoms with Crippen LogP contribution in [0.2, 0.25) is 5.02 Å². The minimum absolute atomic E-state index is 0.0472. The average molecular weight is 517 g/mol. The number of halogens is 2. The van der Waals surface area contributed by atoms with Crippen molar-refractivity contribution in [2.24, 2.45) is 5.41 Å². The summed E-state index contributed by atoms with van der Waals surface area (Å²) in [5, 5.41) is 6.87. The van der Waals surface area contributed by atoms with Crippen LogP contribution in [0, 0.1) is 11.2 Å². The number of carbonyl (C=O) groups excluding carboxylic acids is 3. The van der Waals surface area contributed by atoms with Gasteiger partial charge in [0.15, 0.2) is 5.78 Å². The second-order valence-electron chi connectivity index (χ2n) is 10.4. The third-order valence-corrected chi connectivity index (χ3v) is 6.48. The van der Waals surface area contributed by atoms with Gasteiger partial charge in [0, 0.05) is 18.5 Å². The smallest absolute Gasteiger partial charge is 0.309 e. The van der Waals surface area contributed by atoms with Crippen LogP contribution in [0.25, 0.3) is 0 Å². The van der Waals surface area contributed by atoms with E-state index < -0.39 is 23.5 Å². The van der Waals surface area contributed by atoms with Crippen molar-refractivity contribution in [1.29, 1.82) is 0 Å². The van der Waals surface area contributed by atoms with E-state index in [2.05, 4.69) is 10.6 Å². The molecule has 7 nitrogen and oxygen atoms in total. The van der Waals surface area contributed by atoms with Gasteiger partial charge in [-0.15, -0.1) is 0 Å². The number of fused-ring (bicyclic) bond motifs is 2. The summed E-state index contributed by atoms with van der Waals surface area (Å²) < 4.78 is 26.1. The molecule has 0 amide bonds. The Hall–Kier alpha value is -2.97. The topological polar surface area (TPSA) is 93.7 Å². The molecule has 0 atom stereocenters. The van der Waals surface area contributed by atoms with E-state index in [0.29, 0.717) is 34.8 Å². The minimum Gasteiger partial charge on any atom is -0.416 e. The molecular weight excluding hydrogens is 487 g/mol. The zero-order valence-electron chi connectivity index (χ0n) is 20.6. The summed E-state index contributed by atoms with van der Waals surface area (Å²) in [6.45, 7) is 6.70. The lowest BCUT2D eigenvalue weighted by atomic mass is 9.87. The Balaban J connectivity index is 1.61. The second-order valence-corrected chi connectivity index (χ2v) is 10.8. The fraction of sp³-hybridized carbons (Fsp3) is 0.444.